The van der Waals surface area contributed by atoms with Crippen molar-refractivity contribution in [2.45, 2.75) is 38.3 Å². The van der Waals surface area contributed by atoms with Crippen LogP contribution in [0.15, 0.2) is 24.3 Å². The summed E-state index contributed by atoms with van der Waals surface area (Å²) in [6, 6.07) is 7.95. The lowest BCUT2D eigenvalue weighted by Crippen LogP contribution is -2.21. The first-order valence-corrected chi connectivity index (χ1v) is 6.79. The fraction of sp³-hybridized carbons (Fsp3) is 0.571. The Kier molecular flexibility index (Phi) is 5.30. The molecule has 1 aromatic rings. The zero-order chi connectivity index (χ0) is 11.9. The molecule has 1 fully saturated rings. The Bertz CT molecular complexity index is 319. The maximum absolute atomic E-state index is 5.83. The fourth-order valence-corrected chi connectivity index (χ4v) is 2.31. The van der Waals surface area contributed by atoms with E-state index < -0.39 is 0 Å². The summed E-state index contributed by atoms with van der Waals surface area (Å²) in [6.07, 6.45) is 5.69. The molecule has 2 rings (SSSR count). The third kappa shape index (κ3) is 4.66. The van der Waals surface area contributed by atoms with Gasteiger partial charge in [-0.3, -0.25) is 0 Å². The molecular formula is C14H20ClNO. The molecule has 1 saturated carbocycles. The van der Waals surface area contributed by atoms with E-state index in [2.05, 4.69) is 5.32 Å². The number of benzene rings is 1. The van der Waals surface area contributed by atoms with Crippen molar-refractivity contribution >= 4 is 11.6 Å². The Morgan fingerprint density at radius 2 is 1.88 bits per heavy atom. The van der Waals surface area contributed by atoms with Gasteiger partial charge in [0, 0.05) is 18.1 Å². The molecule has 0 unspecified atom stereocenters. The lowest BCUT2D eigenvalue weighted by atomic mass is 10.2. The van der Waals surface area contributed by atoms with E-state index in [0.29, 0.717) is 6.10 Å². The Morgan fingerprint density at radius 3 is 2.59 bits per heavy atom. The number of hydrogen-bond donors (Lipinski definition) is 1. The number of hydrogen-bond acceptors (Lipinski definition) is 2. The molecule has 0 aromatic heterocycles. The molecule has 3 heteroatoms. The van der Waals surface area contributed by atoms with Crippen molar-refractivity contribution in [2.75, 3.05) is 13.2 Å². The van der Waals surface area contributed by atoms with Crippen LogP contribution < -0.4 is 5.32 Å². The molecule has 2 nitrogen and oxygen atoms in total. The van der Waals surface area contributed by atoms with Gasteiger partial charge >= 0.3 is 0 Å². The van der Waals surface area contributed by atoms with Crippen molar-refractivity contribution in [1.82, 2.24) is 5.32 Å². The van der Waals surface area contributed by atoms with Crippen LogP contribution in [0.25, 0.3) is 0 Å². The summed E-state index contributed by atoms with van der Waals surface area (Å²) < 4.78 is 5.78. The van der Waals surface area contributed by atoms with E-state index in [9.17, 15) is 0 Å². The molecule has 1 N–H and O–H groups in total. The second-order valence-corrected chi connectivity index (χ2v) is 5.02. The molecule has 0 bridgehead atoms. The van der Waals surface area contributed by atoms with Crippen LogP contribution >= 0.6 is 11.6 Å². The van der Waals surface area contributed by atoms with Crippen LogP contribution in [0.4, 0.5) is 0 Å². The molecule has 0 radical (unpaired) electrons. The number of ether oxygens (including phenoxy) is 1. The van der Waals surface area contributed by atoms with Gasteiger partial charge in [-0.1, -0.05) is 36.6 Å². The van der Waals surface area contributed by atoms with Crippen LogP contribution in [-0.2, 0) is 11.3 Å². The largest absolute Gasteiger partial charge is 0.377 e. The summed E-state index contributed by atoms with van der Waals surface area (Å²) in [4.78, 5) is 0. The summed E-state index contributed by atoms with van der Waals surface area (Å²) >= 11 is 5.83. The maximum atomic E-state index is 5.83. The molecule has 94 valence electrons. The van der Waals surface area contributed by atoms with E-state index >= 15 is 0 Å². The zero-order valence-electron chi connectivity index (χ0n) is 10.1. The minimum Gasteiger partial charge on any atom is -0.377 e. The van der Waals surface area contributed by atoms with Gasteiger partial charge in [0.15, 0.2) is 0 Å². The van der Waals surface area contributed by atoms with Crippen LogP contribution in [0.5, 0.6) is 0 Å². The van der Waals surface area contributed by atoms with E-state index in [4.69, 9.17) is 16.3 Å². The Balaban J connectivity index is 1.55. The van der Waals surface area contributed by atoms with Crippen molar-refractivity contribution < 1.29 is 4.74 Å². The highest BCUT2D eigenvalue weighted by Crippen LogP contribution is 2.20. The van der Waals surface area contributed by atoms with Crippen molar-refractivity contribution in [3.05, 3.63) is 34.9 Å². The Labute approximate surface area is 108 Å². The van der Waals surface area contributed by atoms with Gasteiger partial charge in [0.25, 0.3) is 0 Å². The number of nitrogens with one attached hydrogen (secondary N) is 1. The average Bonchev–Trinajstić information content (AvgIpc) is 2.84. The molecule has 0 heterocycles. The standard InChI is InChI=1S/C14H20ClNO/c15-13-7-5-12(6-8-13)11-16-9-10-17-14-3-1-2-4-14/h5-8,14,16H,1-4,9-11H2. The van der Waals surface area contributed by atoms with Gasteiger partial charge in [-0.25, -0.2) is 0 Å². The lowest BCUT2D eigenvalue weighted by Gasteiger charge is -2.11. The third-order valence-corrected chi connectivity index (χ3v) is 3.43. The van der Waals surface area contributed by atoms with Crippen molar-refractivity contribution in [1.29, 1.82) is 0 Å². The summed E-state index contributed by atoms with van der Waals surface area (Å²) in [5, 5.41) is 4.17. The van der Waals surface area contributed by atoms with Crippen molar-refractivity contribution in [3.63, 3.8) is 0 Å². The Hall–Kier alpha value is -0.570. The first-order valence-electron chi connectivity index (χ1n) is 6.41. The minimum absolute atomic E-state index is 0.521. The normalized spacial score (nSPS) is 16.5. The average molecular weight is 254 g/mol. The van der Waals surface area contributed by atoms with Crippen molar-refractivity contribution in [3.8, 4) is 0 Å². The maximum Gasteiger partial charge on any atom is 0.0594 e. The van der Waals surface area contributed by atoms with E-state index in [0.717, 1.165) is 24.7 Å². The molecule has 0 saturated heterocycles. The summed E-state index contributed by atoms with van der Waals surface area (Å²) in [6.45, 7) is 2.61. The summed E-state index contributed by atoms with van der Waals surface area (Å²) in [5.74, 6) is 0. The predicted octanol–water partition coefficient (Wildman–Crippen LogP) is 3.39. The smallest absolute Gasteiger partial charge is 0.0594 e. The van der Waals surface area contributed by atoms with Crippen LogP contribution in [-0.4, -0.2) is 19.3 Å². The highest BCUT2D eigenvalue weighted by atomic mass is 35.5. The molecule has 17 heavy (non-hydrogen) atoms. The topological polar surface area (TPSA) is 21.3 Å². The molecule has 0 atom stereocenters. The van der Waals surface area contributed by atoms with E-state index in [1.54, 1.807) is 0 Å². The predicted molar refractivity (Wildman–Crippen MR) is 71.4 cm³/mol. The van der Waals surface area contributed by atoms with Crippen molar-refractivity contribution in [2.24, 2.45) is 0 Å². The second kappa shape index (κ2) is 7.00. The molecule has 1 aliphatic carbocycles. The van der Waals surface area contributed by atoms with Gasteiger partial charge in [-0.2, -0.15) is 0 Å². The van der Waals surface area contributed by atoms with Crippen LogP contribution in [0.2, 0.25) is 5.02 Å². The molecular weight excluding hydrogens is 234 g/mol. The highest BCUT2D eigenvalue weighted by molar-refractivity contribution is 6.30. The third-order valence-electron chi connectivity index (χ3n) is 3.18. The van der Waals surface area contributed by atoms with Gasteiger partial charge in [0.05, 0.1) is 12.7 Å². The SMILES string of the molecule is Clc1ccc(CNCCOC2CCCC2)cc1. The minimum atomic E-state index is 0.521. The summed E-state index contributed by atoms with van der Waals surface area (Å²) in [5.41, 5.74) is 1.26. The quantitative estimate of drug-likeness (QED) is 0.785. The van der Waals surface area contributed by atoms with Crippen LogP contribution in [0.3, 0.4) is 0 Å². The zero-order valence-corrected chi connectivity index (χ0v) is 10.9. The molecule has 0 amide bonds. The van der Waals surface area contributed by atoms with Crippen LogP contribution in [0.1, 0.15) is 31.2 Å². The summed E-state index contributed by atoms with van der Waals surface area (Å²) in [7, 11) is 0. The first kappa shape index (κ1) is 12.9. The highest BCUT2D eigenvalue weighted by Gasteiger charge is 2.14. The van der Waals surface area contributed by atoms with E-state index in [-0.39, 0.29) is 0 Å². The van der Waals surface area contributed by atoms with Gasteiger partial charge < -0.3 is 10.1 Å². The first-order chi connectivity index (χ1) is 8.34. The monoisotopic (exact) mass is 253 g/mol. The van der Waals surface area contributed by atoms with Gasteiger partial charge in [-0.05, 0) is 30.5 Å². The van der Waals surface area contributed by atoms with E-state index in [1.807, 2.05) is 24.3 Å². The van der Waals surface area contributed by atoms with Gasteiger partial charge in [0.1, 0.15) is 0 Å². The van der Waals surface area contributed by atoms with E-state index in [1.165, 1.54) is 31.2 Å². The molecule has 1 aromatic carbocycles. The molecule has 0 spiro atoms. The van der Waals surface area contributed by atoms with Crippen LogP contribution in [0, 0.1) is 0 Å². The van der Waals surface area contributed by atoms with Gasteiger partial charge in [0.2, 0.25) is 0 Å². The van der Waals surface area contributed by atoms with Gasteiger partial charge in [-0.15, -0.1) is 0 Å². The lowest BCUT2D eigenvalue weighted by molar-refractivity contribution is 0.0603. The molecule has 0 aliphatic heterocycles. The fourth-order valence-electron chi connectivity index (χ4n) is 2.19. The number of halogens is 1. The Morgan fingerprint density at radius 1 is 1.18 bits per heavy atom. The second-order valence-electron chi connectivity index (χ2n) is 4.58. The molecule has 1 aliphatic rings. The number of rotatable bonds is 6.